The summed E-state index contributed by atoms with van der Waals surface area (Å²) in [7, 11) is 1.97. The Balaban J connectivity index is 1.99. The molecule has 0 saturated heterocycles. The van der Waals surface area contributed by atoms with Crippen LogP contribution in [0.4, 0.5) is 0 Å². The zero-order valence-electron chi connectivity index (χ0n) is 10.4. The molecule has 0 saturated carbocycles. The number of hydrogen-bond donors (Lipinski definition) is 1. The first-order valence-electron chi connectivity index (χ1n) is 6.01. The van der Waals surface area contributed by atoms with Gasteiger partial charge in [-0.05, 0) is 36.8 Å². The molecule has 3 nitrogen and oxygen atoms in total. The van der Waals surface area contributed by atoms with E-state index in [1.165, 1.54) is 4.88 Å². The molecular weight excluding hydrogens is 230 g/mol. The summed E-state index contributed by atoms with van der Waals surface area (Å²) >= 11 is 1.80. The van der Waals surface area contributed by atoms with Gasteiger partial charge in [0.25, 0.3) is 0 Å². The van der Waals surface area contributed by atoms with Crippen LogP contribution in [-0.4, -0.2) is 9.78 Å². The van der Waals surface area contributed by atoms with Crippen molar-refractivity contribution in [2.75, 3.05) is 0 Å². The van der Waals surface area contributed by atoms with Crippen molar-refractivity contribution in [2.45, 2.75) is 32.2 Å². The number of thiophene rings is 1. The number of hydrogen-bond acceptors (Lipinski definition) is 3. The van der Waals surface area contributed by atoms with Gasteiger partial charge in [-0.1, -0.05) is 13.0 Å². The first-order chi connectivity index (χ1) is 8.20. The van der Waals surface area contributed by atoms with E-state index in [0.29, 0.717) is 0 Å². The van der Waals surface area contributed by atoms with Crippen LogP contribution in [0.25, 0.3) is 0 Å². The molecule has 0 fully saturated rings. The molecule has 0 radical (unpaired) electrons. The van der Waals surface area contributed by atoms with Crippen LogP contribution in [0.3, 0.4) is 0 Å². The Morgan fingerprint density at radius 2 is 2.35 bits per heavy atom. The molecule has 0 aliphatic carbocycles. The van der Waals surface area contributed by atoms with Gasteiger partial charge in [0.2, 0.25) is 0 Å². The van der Waals surface area contributed by atoms with Crippen LogP contribution >= 0.6 is 11.3 Å². The Morgan fingerprint density at radius 1 is 1.53 bits per heavy atom. The SMILES string of the molecule is CCc1cc(C(N)CCc2cccs2)n(C)n1. The quantitative estimate of drug-likeness (QED) is 0.885. The number of aromatic nitrogens is 2. The number of rotatable bonds is 5. The minimum Gasteiger partial charge on any atom is -0.323 e. The zero-order valence-corrected chi connectivity index (χ0v) is 11.2. The fourth-order valence-electron chi connectivity index (χ4n) is 1.96. The molecule has 0 spiro atoms. The Bertz CT molecular complexity index is 459. The predicted octanol–water partition coefficient (Wildman–Crippen LogP) is 2.68. The first-order valence-corrected chi connectivity index (χ1v) is 6.89. The highest BCUT2D eigenvalue weighted by Crippen LogP contribution is 2.19. The van der Waals surface area contributed by atoms with Crippen LogP contribution in [0.5, 0.6) is 0 Å². The van der Waals surface area contributed by atoms with Gasteiger partial charge >= 0.3 is 0 Å². The standard InChI is InChI=1S/C13H19N3S/c1-3-10-9-13(16(2)15-10)12(14)7-6-11-5-4-8-17-11/h4-5,8-9,12H,3,6-7,14H2,1-2H3. The first kappa shape index (κ1) is 12.3. The second-order valence-electron chi connectivity index (χ2n) is 4.26. The van der Waals surface area contributed by atoms with Crippen molar-refractivity contribution in [3.63, 3.8) is 0 Å². The molecule has 2 heterocycles. The highest BCUT2D eigenvalue weighted by atomic mass is 32.1. The molecule has 0 aliphatic rings. The van der Waals surface area contributed by atoms with Crippen LogP contribution in [0.1, 0.15) is 35.7 Å². The Kier molecular flexibility index (Phi) is 3.97. The predicted molar refractivity (Wildman–Crippen MR) is 72.2 cm³/mol. The third-order valence-electron chi connectivity index (χ3n) is 2.99. The van der Waals surface area contributed by atoms with Crippen LogP contribution in [-0.2, 0) is 19.9 Å². The van der Waals surface area contributed by atoms with Crippen molar-refractivity contribution in [2.24, 2.45) is 12.8 Å². The molecule has 0 amide bonds. The lowest BCUT2D eigenvalue weighted by Crippen LogP contribution is -2.15. The molecule has 1 atom stereocenters. The maximum absolute atomic E-state index is 6.22. The second kappa shape index (κ2) is 5.47. The third kappa shape index (κ3) is 2.96. The van der Waals surface area contributed by atoms with E-state index in [2.05, 4.69) is 35.6 Å². The van der Waals surface area contributed by atoms with Gasteiger partial charge < -0.3 is 5.73 Å². The monoisotopic (exact) mass is 249 g/mol. The molecule has 2 rings (SSSR count). The van der Waals surface area contributed by atoms with Crippen molar-refractivity contribution in [1.29, 1.82) is 0 Å². The van der Waals surface area contributed by atoms with Crippen molar-refractivity contribution < 1.29 is 0 Å². The summed E-state index contributed by atoms with van der Waals surface area (Å²) in [6.45, 7) is 2.11. The molecule has 2 aromatic rings. The van der Waals surface area contributed by atoms with Crippen molar-refractivity contribution in [3.8, 4) is 0 Å². The van der Waals surface area contributed by atoms with Gasteiger partial charge in [0.05, 0.1) is 11.4 Å². The summed E-state index contributed by atoms with van der Waals surface area (Å²) in [6, 6.07) is 6.46. The van der Waals surface area contributed by atoms with Crippen molar-refractivity contribution >= 4 is 11.3 Å². The number of aryl methyl sites for hydroxylation is 3. The molecular formula is C13H19N3S. The maximum Gasteiger partial charge on any atom is 0.0625 e. The lowest BCUT2D eigenvalue weighted by atomic mass is 10.1. The van der Waals surface area contributed by atoms with Gasteiger partial charge in [-0.25, -0.2) is 0 Å². The molecule has 0 bridgehead atoms. The van der Waals surface area contributed by atoms with Gasteiger partial charge in [0, 0.05) is 18.0 Å². The molecule has 92 valence electrons. The number of nitrogens with two attached hydrogens (primary N) is 1. The molecule has 4 heteroatoms. The van der Waals surface area contributed by atoms with Crippen LogP contribution in [0.2, 0.25) is 0 Å². The van der Waals surface area contributed by atoms with Gasteiger partial charge in [0.1, 0.15) is 0 Å². The minimum absolute atomic E-state index is 0.0786. The van der Waals surface area contributed by atoms with E-state index in [1.807, 2.05) is 11.7 Å². The maximum atomic E-state index is 6.22. The number of nitrogens with zero attached hydrogens (tertiary/aromatic N) is 2. The average molecular weight is 249 g/mol. The van der Waals surface area contributed by atoms with E-state index in [0.717, 1.165) is 30.7 Å². The normalized spacial score (nSPS) is 12.9. The van der Waals surface area contributed by atoms with Gasteiger partial charge in [0.15, 0.2) is 0 Å². The molecule has 1 unspecified atom stereocenters. The van der Waals surface area contributed by atoms with E-state index in [9.17, 15) is 0 Å². The molecule has 0 aromatic carbocycles. The van der Waals surface area contributed by atoms with Gasteiger partial charge in [-0.3, -0.25) is 4.68 Å². The van der Waals surface area contributed by atoms with E-state index < -0.39 is 0 Å². The third-order valence-corrected chi connectivity index (χ3v) is 3.93. The van der Waals surface area contributed by atoms with Crippen LogP contribution in [0, 0.1) is 0 Å². The molecule has 2 N–H and O–H groups in total. The van der Waals surface area contributed by atoms with E-state index in [1.54, 1.807) is 11.3 Å². The highest BCUT2D eigenvalue weighted by molar-refractivity contribution is 7.09. The van der Waals surface area contributed by atoms with Gasteiger partial charge in [-0.15, -0.1) is 11.3 Å². The fourth-order valence-corrected chi connectivity index (χ4v) is 2.69. The summed E-state index contributed by atoms with van der Waals surface area (Å²) < 4.78 is 1.91. The van der Waals surface area contributed by atoms with E-state index in [-0.39, 0.29) is 6.04 Å². The zero-order chi connectivity index (χ0) is 12.3. The molecule has 17 heavy (non-hydrogen) atoms. The summed E-state index contributed by atoms with van der Waals surface area (Å²) in [5.74, 6) is 0. The minimum atomic E-state index is 0.0786. The summed E-state index contributed by atoms with van der Waals surface area (Å²) in [4.78, 5) is 1.40. The summed E-state index contributed by atoms with van der Waals surface area (Å²) in [5.41, 5.74) is 8.48. The Labute approximate surface area is 106 Å². The van der Waals surface area contributed by atoms with E-state index >= 15 is 0 Å². The summed E-state index contributed by atoms with van der Waals surface area (Å²) in [5, 5.41) is 6.55. The lowest BCUT2D eigenvalue weighted by molar-refractivity contribution is 0.582. The molecule has 0 aliphatic heterocycles. The van der Waals surface area contributed by atoms with E-state index in [4.69, 9.17) is 5.73 Å². The smallest absolute Gasteiger partial charge is 0.0625 e. The molecule has 2 aromatic heterocycles. The highest BCUT2D eigenvalue weighted by Gasteiger charge is 2.12. The largest absolute Gasteiger partial charge is 0.323 e. The second-order valence-corrected chi connectivity index (χ2v) is 5.29. The van der Waals surface area contributed by atoms with Crippen LogP contribution < -0.4 is 5.73 Å². The van der Waals surface area contributed by atoms with Gasteiger partial charge in [-0.2, -0.15) is 5.10 Å². The Hall–Kier alpha value is -1.13. The topological polar surface area (TPSA) is 43.8 Å². The summed E-state index contributed by atoms with van der Waals surface area (Å²) in [6.07, 6.45) is 2.99. The van der Waals surface area contributed by atoms with Crippen molar-refractivity contribution in [1.82, 2.24) is 9.78 Å². The Morgan fingerprint density at radius 3 is 2.94 bits per heavy atom. The van der Waals surface area contributed by atoms with Crippen molar-refractivity contribution in [3.05, 3.63) is 39.8 Å². The fraction of sp³-hybridized carbons (Fsp3) is 0.462. The average Bonchev–Trinajstić information content (AvgIpc) is 2.94. The van der Waals surface area contributed by atoms with Crippen LogP contribution in [0.15, 0.2) is 23.6 Å². The lowest BCUT2D eigenvalue weighted by Gasteiger charge is -2.10.